The van der Waals surface area contributed by atoms with E-state index in [1.807, 2.05) is 16.6 Å². The molecule has 1 aromatic heterocycles. The van der Waals surface area contributed by atoms with Gasteiger partial charge in [0.25, 0.3) is 5.91 Å². The fraction of sp³-hybridized carbons (Fsp3) is 0.600. The van der Waals surface area contributed by atoms with Gasteiger partial charge in [0, 0.05) is 50.5 Å². The number of hydrogen-bond acceptors (Lipinski definition) is 4. The van der Waals surface area contributed by atoms with E-state index in [0.717, 1.165) is 68.6 Å². The number of nitrogens with zero attached hydrogens (tertiary/aromatic N) is 4. The fourth-order valence-electron chi connectivity index (χ4n) is 5.86. The summed E-state index contributed by atoms with van der Waals surface area (Å²) in [6.45, 7) is 2.77. The number of rotatable bonds is 3. The summed E-state index contributed by atoms with van der Waals surface area (Å²) in [6, 6.07) is 5.30. The third-order valence-corrected chi connectivity index (χ3v) is 7.89. The number of aliphatic hydroxyl groups is 1. The van der Waals surface area contributed by atoms with E-state index in [1.165, 1.54) is 6.07 Å². The Balaban J connectivity index is 1.29. The molecule has 0 bridgehead atoms. The zero-order valence-corrected chi connectivity index (χ0v) is 19.4. The zero-order chi connectivity index (χ0) is 24.1. The third kappa shape index (κ3) is 4.24. The molecular formula is C25H31F3N4O2. The molecule has 6 nitrogen and oxygen atoms in total. The van der Waals surface area contributed by atoms with Crippen LogP contribution in [-0.2, 0) is 31.7 Å². The second kappa shape index (κ2) is 8.68. The SMILES string of the molecule is Cn1nc(C(=O)N2CCCC2)c2c1CCC(N1CCC(O)(c3cccc(C(F)(F)F)c3)CC1)C2. The van der Waals surface area contributed by atoms with Crippen molar-refractivity contribution in [1.82, 2.24) is 19.6 Å². The van der Waals surface area contributed by atoms with Crippen molar-refractivity contribution < 1.29 is 23.1 Å². The van der Waals surface area contributed by atoms with E-state index in [2.05, 4.69) is 10.00 Å². The molecule has 184 valence electrons. The van der Waals surface area contributed by atoms with Gasteiger partial charge >= 0.3 is 6.18 Å². The minimum absolute atomic E-state index is 0.0209. The molecular weight excluding hydrogens is 445 g/mol. The summed E-state index contributed by atoms with van der Waals surface area (Å²) in [5.74, 6) is 0.0209. The first kappa shape index (κ1) is 23.4. The minimum atomic E-state index is -4.43. The Kier molecular flexibility index (Phi) is 5.96. The fourth-order valence-corrected chi connectivity index (χ4v) is 5.86. The topological polar surface area (TPSA) is 61.6 Å². The van der Waals surface area contributed by atoms with Gasteiger partial charge in [-0.3, -0.25) is 14.4 Å². The quantitative estimate of drug-likeness (QED) is 0.737. The third-order valence-electron chi connectivity index (χ3n) is 7.89. The number of halogens is 3. The number of amides is 1. The number of likely N-dealkylation sites (tertiary alicyclic amines) is 2. The molecule has 2 saturated heterocycles. The Bertz CT molecular complexity index is 1070. The van der Waals surface area contributed by atoms with Gasteiger partial charge in [-0.25, -0.2) is 0 Å². The molecule has 0 spiro atoms. The molecule has 34 heavy (non-hydrogen) atoms. The Morgan fingerprint density at radius 1 is 1.15 bits per heavy atom. The maximum absolute atomic E-state index is 13.2. The predicted octanol–water partition coefficient (Wildman–Crippen LogP) is 3.52. The van der Waals surface area contributed by atoms with Gasteiger partial charge < -0.3 is 10.0 Å². The Morgan fingerprint density at radius 2 is 1.85 bits per heavy atom. The molecule has 1 amide bonds. The molecule has 2 aliphatic heterocycles. The number of piperidine rings is 1. The van der Waals surface area contributed by atoms with Crippen LogP contribution in [0.1, 0.15) is 65.0 Å². The molecule has 0 saturated carbocycles. The first-order valence-electron chi connectivity index (χ1n) is 12.1. The average molecular weight is 477 g/mol. The van der Waals surface area contributed by atoms with E-state index < -0.39 is 17.3 Å². The molecule has 1 N–H and O–H groups in total. The molecule has 0 radical (unpaired) electrons. The van der Waals surface area contributed by atoms with Gasteiger partial charge in [-0.2, -0.15) is 18.3 Å². The first-order chi connectivity index (χ1) is 16.2. The van der Waals surface area contributed by atoms with Gasteiger partial charge in [0.2, 0.25) is 0 Å². The number of benzene rings is 1. The Morgan fingerprint density at radius 3 is 2.53 bits per heavy atom. The van der Waals surface area contributed by atoms with Crippen LogP contribution >= 0.6 is 0 Å². The summed E-state index contributed by atoms with van der Waals surface area (Å²) in [4.78, 5) is 17.3. The molecule has 1 aliphatic carbocycles. The maximum atomic E-state index is 13.2. The lowest BCUT2D eigenvalue weighted by Crippen LogP contribution is -2.48. The number of hydrogen-bond donors (Lipinski definition) is 1. The molecule has 2 fully saturated rings. The second-order valence-electron chi connectivity index (χ2n) is 9.94. The second-order valence-corrected chi connectivity index (χ2v) is 9.94. The van der Waals surface area contributed by atoms with Crippen molar-refractivity contribution in [1.29, 1.82) is 0 Å². The van der Waals surface area contributed by atoms with Crippen molar-refractivity contribution in [2.24, 2.45) is 7.05 Å². The standard InChI is InChI=1S/C25H31F3N4O2/c1-30-21-8-7-19(16-20(21)22(29-30)23(33)32-11-2-3-12-32)31-13-9-24(34,10-14-31)17-5-4-6-18(15-17)25(26,27)28/h4-6,15,19,34H,2-3,7-14,16H2,1H3. The van der Waals surface area contributed by atoms with E-state index in [-0.39, 0.29) is 11.9 Å². The highest BCUT2D eigenvalue weighted by atomic mass is 19.4. The highest BCUT2D eigenvalue weighted by Crippen LogP contribution is 2.38. The summed E-state index contributed by atoms with van der Waals surface area (Å²) in [6.07, 6.45) is 0.907. The van der Waals surface area contributed by atoms with Gasteiger partial charge in [0.05, 0.1) is 11.2 Å². The van der Waals surface area contributed by atoms with Crippen LogP contribution in [0.3, 0.4) is 0 Å². The number of aryl methyl sites for hydroxylation is 1. The normalized spacial score (nSPS) is 23.2. The Hall–Kier alpha value is -2.39. The summed E-state index contributed by atoms with van der Waals surface area (Å²) in [7, 11) is 1.90. The highest BCUT2D eigenvalue weighted by Gasteiger charge is 2.40. The van der Waals surface area contributed by atoms with Crippen LogP contribution in [0.5, 0.6) is 0 Å². The predicted molar refractivity (Wildman–Crippen MR) is 120 cm³/mol. The van der Waals surface area contributed by atoms with Crippen LogP contribution in [0, 0.1) is 0 Å². The summed E-state index contributed by atoms with van der Waals surface area (Å²) in [5, 5.41) is 15.8. The van der Waals surface area contributed by atoms with Crippen LogP contribution in [0.2, 0.25) is 0 Å². The summed E-state index contributed by atoms with van der Waals surface area (Å²) < 4.78 is 41.3. The minimum Gasteiger partial charge on any atom is -0.385 e. The van der Waals surface area contributed by atoms with Crippen LogP contribution in [0.15, 0.2) is 24.3 Å². The van der Waals surface area contributed by atoms with Crippen molar-refractivity contribution in [2.75, 3.05) is 26.2 Å². The van der Waals surface area contributed by atoms with Crippen molar-refractivity contribution in [3.8, 4) is 0 Å². The van der Waals surface area contributed by atoms with Crippen LogP contribution in [-0.4, -0.2) is 62.8 Å². The molecule has 3 heterocycles. The largest absolute Gasteiger partial charge is 0.416 e. The van der Waals surface area contributed by atoms with Crippen molar-refractivity contribution in [2.45, 2.75) is 62.8 Å². The highest BCUT2D eigenvalue weighted by molar-refractivity contribution is 5.94. The Labute approximate surface area is 197 Å². The number of carbonyl (C=O) groups is 1. The lowest BCUT2D eigenvalue weighted by atomic mass is 9.82. The smallest absolute Gasteiger partial charge is 0.385 e. The van der Waals surface area contributed by atoms with Crippen LogP contribution in [0.25, 0.3) is 0 Å². The summed E-state index contributed by atoms with van der Waals surface area (Å²) in [5.41, 5.74) is 1.07. The van der Waals surface area contributed by atoms with E-state index >= 15 is 0 Å². The van der Waals surface area contributed by atoms with Gasteiger partial charge in [0.1, 0.15) is 0 Å². The molecule has 9 heteroatoms. The molecule has 1 aromatic carbocycles. The summed E-state index contributed by atoms with van der Waals surface area (Å²) >= 11 is 0. The number of alkyl halides is 3. The van der Waals surface area contributed by atoms with E-state index in [1.54, 1.807) is 6.07 Å². The lowest BCUT2D eigenvalue weighted by Gasteiger charge is -2.43. The van der Waals surface area contributed by atoms with Gasteiger partial charge in [-0.15, -0.1) is 0 Å². The lowest BCUT2D eigenvalue weighted by molar-refractivity contribution is -0.137. The number of fused-ring (bicyclic) bond motifs is 1. The van der Waals surface area contributed by atoms with Crippen LogP contribution < -0.4 is 0 Å². The average Bonchev–Trinajstić information content (AvgIpc) is 3.47. The monoisotopic (exact) mass is 476 g/mol. The molecule has 1 atom stereocenters. The van der Waals surface area contributed by atoms with Crippen LogP contribution in [0.4, 0.5) is 13.2 Å². The van der Waals surface area contributed by atoms with Gasteiger partial charge in [0.15, 0.2) is 5.69 Å². The van der Waals surface area contributed by atoms with E-state index in [9.17, 15) is 23.1 Å². The van der Waals surface area contributed by atoms with Crippen molar-refractivity contribution in [3.05, 3.63) is 52.3 Å². The first-order valence-corrected chi connectivity index (χ1v) is 12.1. The van der Waals surface area contributed by atoms with Crippen molar-refractivity contribution in [3.63, 3.8) is 0 Å². The number of aromatic nitrogens is 2. The molecule has 1 unspecified atom stereocenters. The van der Waals surface area contributed by atoms with Crippen molar-refractivity contribution >= 4 is 5.91 Å². The molecule has 3 aliphatic rings. The molecule has 5 rings (SSSR count). The number of carbonyl (C=O) groups excluding carboxylic acids is 1. The van der Waals surface area contributed by atoms with E-state index in [4.69, 9.17) is 0 Å². The van der Waals surface area contributed by atoms with Gasteiger partial charge in [-0.05, 0) is 62.6 Å². The zero-order valence-electron chi connectivity index (χ0n) is 19.4. The molecule has 2 aromatic rings. The van der Waals surface area contributed by atoms with E-state index in [0.29, 0.717) is 37.2 Å². The van der Waals surface area contributed by atoms with Gasteiger partial charge in [-0.1, -0.05) is 12.1 Å². The maximum Gasteiger partial charge on any atom is 0.416 e.